The Morgan fingerprint density at radius 1 is 1.32 bits per heavy atom. The molecule has 0 aromatic carbocycles. The molecule has 0 aliphatic carbocycles. The van der Waals surface area contributed by atoms with Gasteiger partial charge in [0.2, 0.25) is 11.9 Å². The first-order valence-corrected chi connectivity index (χ1v) is 5.94. The first-order chi connectivity index (χ1) is 8.69. The van der Waals surface area contributed by atoms with E-state index in [1.807, 2.05) is 20.8 Å². The van der Waals surface area contributed by atoms with Gasteiger partial charge in [-0.05, 0) is 39.8 Å². The Morgan fingerprint density at radius 2 is 1.95 bits per heavy atom. The van der Waals surface area contributed by atoms with Crippen LogP contribution in [0, 0.1) is 5.95 Å². The smallest absolute Gasteiger partial charge is 0.270 e. The molecular formula is C13H18FN3O2. The number of aromatic nitrogens is 1. The summed E-state index contributed by atoms with van der Waals surface area (Å²) in [6.07, 6.45) is 0. The lowest BCUT2D eigenvalue weighted by Gasteiger charge is -2.23. The Labute approximate surface area is 111 Å². The molecule has 1 aromatic rings. The lowest BCUT2D eigenvalue weighted by Crippen LogP contribution is -2.50. The number of rotatable bonds is 3. The number of carbonyl (C=O) groups is 2. The first kappa shape index (κ1) is 15.1. The number of halogens is 1. The summed E-state index contributed by atoms with van der Waals surface area (Å²) >= 11 is 0. The molecule has 0 saturated carbocycles. The van der Waals surface area contributed by atoms with Gasteiger partial charge in [-0.3, -0.25) is 9.59 Å². The number of nitrogens with one attached hydrogen (secondary N) is 2. The van der Waals surface area contributed by atoms with E-state index < -0.39 is 17.9 Å². The van der Waals surface area contributed by atoms with Crippen LogP contribution in [0.2, 0.25) is 0 Å². The molecule has 0 radical (unpaired) electrons. The van der Waals surface area contributed by atoms with Gasteiger partial charge in [-0.1, -0.05) is 6.07 Å². The van der Waals surface area contributed by atoms with E-state index >= 15 is 0 Å². The summed E-state index contributed by atoms with van der Waals surface area (Å²) in [6, 6.07) is 3.19. The highest BCUT2D eigenvalue weighted by molar-refractivity contribution is 5.96. The summed E-state index contributed by atoms with van der Waals surface area (Å²) in [5.74, 6) is -1.63. The van der Waals surface area contributed by atoms with Crippen LogP contribution in [0.25, 0.3) is 0 Å². The summed E-state index contributed by atoms with van der Waals surface area (Å²) < 4.78 is 12.9. The highest BCUT2D eigenvalue weighted by Gasteiger charge is 2.21. The second kappa shape index (κ2) is 5.77. The minimum Gasteiger partial charge on any atom is -0.350 e. The lowest BCUT2D eigenvalue weighted by molar-refractivity contribution is -0.124. The predicted molar refractivity (Wildman–Crippen MR) is 69.0 cm³/mol. The molecule has 0 saturated heterocycles. The van der Waals surface area contributed by atoms with Crippen LogP contribution < -0.4 is 10.6 Å². The third-order valence-electron chi connectivity index (χ3n) is 2.19. The molecule has 0 bridgehead atoms. The highest BCUT2D eigenvalue weighted by atomic mass is 19.1. The van der Waals surface area contributed by atoms with Gasteiger partial charge in [-0.15, -0.1) is 0 Å². The van der Waals surface area contributed by atoms with Crippen LogP contribution in [0.15, 0.2) is 18.2 Å². The van der Waals surface area contributed by atoms with Gasteiger partial charge < -0.3 is 10.6 Å². The van der Waals surface area contributed by atoms with Gasteiger partial charge in [0.1, 0.15) is 11.7 Å². The molecule has 1 aromatic heterocycles. The van der Waals surface area contributed by atoms with Crippen molar-refractivity contribution in [2.45, 2.75) is 39.3 Å². The van der Waals surface area contributed by atoms with Gasteiger partial charge in [-0.2, -0.15) is 4.39 Å². The second-order valence-electron chi connectivity index (χ2n) is 5.28. The van der Waals surface area contributed by atoms with Crippen LogP contribution in [0.1, 0.15) is 38.2 Å². The fourth-order valence-corrected chi connectivity index (χ4v) is 1.35. The molecule has 1 atom stereocenters. The molecule has 0 aliphatic heterocycles. The fraction of sp³-hybridized carbons (Fsp3) is 0.462. The Hall–Kier alpha value is -1.98. The molecule has 1 unspecified atom stereocenters. The molecular weight excluding hydrogens is 249 g/mol. The minimum absolute atomic E-state index is 0.0598. The van der Waals surface area contributed by atoms with E-state index in [9.17, 15) is 14.0 Å². The zero-order valence-electron chi connectivity index (χ0n) is 11.5. The van der Waals surface area contributed by atoms with Gasteiger partial charge in [0, 0.05) is 5.54 Å². The van der Waals surface area contributed by atoms with Crippen LogP contribution in [-0.2, 0) is 4.79 Å². The summed E-state index contributed by atoms with van der Waals surface area (Å²) in [4.78, 5) is 27.0. The molecule has 1 rings (SSSR count). The van der Waals surface area contributed by atoms with Gasteiger partial charge in [0.15, 0.2) is 0 Å². The van der Waals surface area contributed by atoms with Crippen molar-refractivity contribution in [2.24, 2.45) is 0 Å². The van der Waals surface area contributed by atoms with Crippen molar-refractivity contribution >= 4 is 11.8 Å². The Kier molecular flexibility index (Phi) is 4.58. The number of pyridine rings is 1. The van der Waals surface area contributed by atoms with Crippen molar-refractivity contribution in [3.8, 4) is 0 Å². The van der Waals surface area contributed by atoms with E-state index in [0.29, 0.717) is 0 Å². The largest absolute Gasteiger partial charge is 0.350 e. The van der Waals surface area contributed by atoms with E-state index in [1.165, 1.54) is 12.1 Å². The summed E-state index contributed by atoms with van der Waals surface area (Å²) in [5.41, 5.74) is -0.442. The summed E-state index contributed by atoms with van der Waals surface area (Å²) in [6.45, 7) is 7.08. The van der Waals surface area contributed by atoms with Gasteiger partial charge in [0.05, 0.1) is 0 Å². The summed E-state index contributed by atoms with van der Waals surface area (Å²) in [7, 11) is 0. The van der Waals surface area contributed by atoms with Crippen LogP contribution in [0.5, 0.6) is 0 Å². The van der Waals surface area contributed by atoms with Crippen molar-refractivity contribution in [1.82, 2.24) is 15.6 Å². The van der Waals surface area contributed by atoms with Gasteiger partial charge in [-0.25, -0.2) is 4.98 Å². The van der Waals surface area contributed by atoms with Crippen LogP contribution >= 0.6 is 0 Å². The average molecular weight is 267 g/mol. The van der Waals surface area contributed by atoms with Crippen molar-refractivity contribution in [2.75, 3.05) is 0 Å². The number of nitrogens with zero attached hydrogens (tertiary/aromatic N) is 1. The molecule has 104 valence electrons. The molecule has 2 N–H and O–H groups in total. The van der Waals surface area contributed by atoms with Gasteiger partial charge in [0.25, 0.3) is 5.91 Å². The normalized spacial score (nSPS) is 12.7. The van der Waals surface area contributed by atoms with E-state index in [-0.39, 0.29) is 17.1 Å². The third kappa shape index (κ3) is 5.03. The second-order valence-corrected chi connectivity index (χ2v) is 5.28. The quantitative estimate of drug-likeness (QED) is 0.810. The molecule has 0 fully saturated rings. The third-order valence-corrected chi connectivity index (χ3v) is 2.19. The topological polar surface area (TPSA) is 71.1 Å². The van der Waals surface area contributed by atoms with E-state index in [2.05, 4.69) is 15.6 Å². The maximum atomic E-state index is 12.9. The molecule has 0 spiro atoms. The van der Waals surface area contributed by atoms with Crippen molar-refractivity contribution in [3.05, 3.63) is 29.8 Å². The molecule has 6 heteroatoms. The number of hydrogen-bond acceptors (Lipinski definition) is 3. The molecule has 2 amide bonds. The SMILES string of the molecule is CC(NC(=O)c1cccc(F)n1)C(=O)NC(C)(C)C. The van der Waals surface area contributed by atoms with Crippen LogP contribution in [0.3, 0.4) is 0 Å². The number of hydrogen-bond donors (Lipinski definition) is 2. The Bertz CT molecular complexity index is 483. The zero-order valence-corrected chi connectivity index (χ0v) is 11.5. The summed E-state index contributed by atoms with van der Waals surface area (Å²) in [5, 5.41) is 5.20. The predicted octanol–water partition coefficient (Wildman–Crippen LogP) is 1.25. The van der Waals surface area contributed by atoms with Crippen LogP contribution in [-0.4, -0.2) is 28.4 Å². The van der Waals surface area contributed by atoms with E-state index in [0.717, 1.165) is 6.07 Å². The zero-order chi connectivity index (χ0) is 14.6. The van der Waals surface area contributed by atoms with E-state index in [1.54, 1.807) is 6.92 Å². The van der Waals surface area contributed by atoms with Crippen molar-refractivity contribution in [1.29, 1.82) is 0 Å². The first-order valence-electron chi connectivity index (χ1n) is 5.94. The standard InChI is InChI=1S/C13H18FN3O2/c1-8(11(18)17-13(2,3)4)15-12(19)9-6-5-7-10(14)16-9/h5-8H,1-4H3,(H,15,19)(H,17,18). The molecule has 0 aliphatic rings. The molecule has 1 heterocycles. The number of carbonyl (C=O) groups excluding carboxylic acids is 2. The highest BCUT2D eigenvalue weighted by Crippen LogP contribution is 2.01. The van der Waals surface area contributed by atoms with Gasteiger partial charge >= 0.3 is 0 Å². The lowest BCUT2D eigenvalue weighted by atomic mass is 10.1. The average Bonchev–Trinajstić information content (AvgIpc) is 2.26. The minimum atomic E-state index is -0.737. The van der Waals surface area contributed by atoms with E-state index in [4.69, 9.17) is 0 Å². The molecule has 5 nitrogen and oxygen atoms in total. The fourth-order valence-electron chi connectivity index (χ4n) is 1.35. The maximum Gasteiger partial charge on any atom is 0.270 e. The monoisotopic (exact) mass is 267 g/mol. The number of amides is 2. The van der Waals surface area contributed by atoms with Crippen molar-refractivity contribution < 1.29 is 14.0 Å². The molecule has 19 heavy (non-hydrogen) atoms. The Balaban J connectivity index is 2.64. The Morgan fingerprint density at radius 3 is 2.47 bits per heavy atom. The van der Waals surface area contributed by atoms with Crippen molar-refractivity contribution in [3.63, 3.8) is 0 Å². The van der Waals surface area contributed by atoms with Crippen LogP contribution in [0.4, 0.5) is 4.39 Å². The maximum absolute atomic E-state index is 12.9.